The van der Waals surface area contributed by atoms with Crippen molar-refractivity contribution in [3.8, 4) is 0 Å². The Morgan fingerprint density at radius 2 is 2.25 bits per heavy atom. The van der Waals surface area contributed by atoms with Crippen LogP contribution in [0.4, 0.5) is 0 Å². The first-order valence-corrected chi connectivity index (χ1v) is 3.04. The van der Waals surface area contributed by atoms with E-state index in [0.717, 1.165) is 13.1 Å². The Labute approximate surface area is 50.4 Å². The summed E-state index contributed by atoms with van der Waals surface area (Å²) in [6.07, 6.45) is 0. The van der Waals surface area contributed by atoms with Crippen LogP contribution in [0.1, 0.15) is 0 Å². The minimum absolute atomic E-state index is 0.733. The summed E-state index contributed by atoms with van der Waals surface area (Å²) in [5.41, 5.74) is 5.08. The second kappa shape index (κ2) is 15.8. The lowest BCUT2D eigenvalue weighted by Gasteiger charge is -1.85. The summed E-state index contributed by atoms with van der Waals surface area (Å²) >= 11 is 0. The number of rotatable bonds is 2. The van der Waals surface area contributed by atoms with Crippen molar-refractivity contribution in [1.29, 1.82) is 0 Å². The summed E-state index contributed by atoms with van der Waals surface area (Å²) < 4.78 is 8.51. The van der Waals surface area contributed by atoms with Gasteiger partial charge in [0.1, 0.15) is 0 Å². The lowest BCUT2D eigenvalue weighted by Crippen LogP contribution is -2.17. The molecule has 0 bridgehead atoms. The summed E-state index contributed by atoms with van der Waals surface area (Å²) in [4.78, 5) is 7.04. The molecule has 0 aromatic heterocycles. The van der Waals surface area contributed by atoms with E-state index in [1.165, 1.54) is 0 Å². The summed E-state index contributed by atoms with van der Waals surface area (Å²) in [5, 5.41) is 2.89. The summed E-state index contributed by atoms with van der Waals surface area (Å²) in [5.74, 6) is 0. The Balaban J connectivity index is 0. The first-order chi connectivity index (χ1) is 3.83. The van der Waals surface area contributed by atoms with Gasteiger partial charge in [-0.15, -0.1) is 0 Å². The lowest BCUT2D eigenvalue weighted by molar-refractivity contribution is 0.524. The molecule has 0 aromatic carbocycles. The molecule has 0 saturated heterocycles. The molecule has 0 saturated carbocycles. The van der Waals surface area contributed by atoms with Gasteiger partial charge < -0.3 is 11.1 Å². The van der Waals surface area contributed by atoms with Crippen LogP contribution in [0, 0.1) is 0 Å². The SMILES string of the molecule is CNCCN.O=[PH+]O. The summed E-state index contributed by atoms with van der Waals surface area (Å²) in [6, 6.07) is 0. The molecule has 8 heavy (non-hydrogen) atoms. The topological polar surface area (TPSA) is 75.3 Å². The van der Waals surface area contributed by atoms with Crippen LogP contribution in [0.3, 0.4) is 0 Å². The van der Waals surface area contributed by atoms with Crippen LogP contribution in [0.5, 0.6) is 0 Å². The van der Waals surface area contributed by atoms with E-state index in [1.54, 1.807) is 0 Å². The number of likely N-dealkylation sites (N-methyl/N-ethyl adjacent to an activating group) is 1. The van der Waals surface area contributed by atoms with E-state index in [4.69, 9.17) is 15.2 Å². The highest BCUT2D eigenvalue weighted by Crippen LogP contribution is 1.66. The third kappa shape index (κ3) is 37.8. The van der Waals surface area contributed by atoms with Gasteiger partial charge in [-0.3, -0.25) is 0 Å². The average molecular weight is 139 g/mol. The molecule has 5 heteroatoms. The minimum atomic E-state index is -1.17. The highest BCUT2D eigenvalue weighted by molar-refractivity contribution is 7.16. The van der Waals surface area contributed by atoms with Crippen LogP contribution in [0.25, 0.3) is 0 Å². The molecule has 0 aliphatic carbocycles. The predicted molar refractivity (Wildman–Crippen MR) is 34.2 cm³/mol. The van der Waals surface area contributed by atoms with Crippen molar-refractivity contribution in [2.45, 2.75) is 0 Å². The minimum Gasteiger partial charge on any atom is -0.329 e. The zero-order valence-electron chi connectivity index (χ0n) is 4.85. The molecule has 0 aromatic rings. The second-order valence-electron chi connectivity index (χ2n) is 0.984. The fourth-order valence-electron chi connectivity index (χ4n) is 0.144. The molecule has 0 aliphatic rings. The van der Waals surface area contributed by atoms with Crippen molar-refractivity contribution in [1.82, 2.24) is 5.32 Å². The van der Waals surface area contributed by atoms with Crippen molar-refractivity contribution in [3.63, 3.8) is 0 Å². The molecule has 0 rings (SSSR count). The average Bonchev–Trinajstić information content (AvgIpc) is 1.71. The van der Waals surface area contributed by atoms with E-state index in [9.17, 15) is 0 Å². The van der Waals surface area contributed by atoms with Crippen LogP contribution in [-0.2, 0) is 4.57 Å². The van der Waals surface area contributed by atoms with Gasteiger partial charge in [0.15, 0.2) is 0 Å². The number of nitrogens with one attached hydrogen (secondary N) is 1. The van der Waals surface area contributed by atoms with Gasteiger partial charge in [-0.1, -0.05) is 0 Å². The first kappa shape index (κ1) is 10.9. The maximum atomic E-state index is 8.51. The highest BCUT2D eigenvalue weighted by atomic mass is 31.1. The fourth-order valence-corrected chi connectivity index (χ4v) is 0.144. The molecule has 50 valence electrons. The summed E-state index contributed by atoms with van der Waals surface area (Å²) in [7, 11) is 0.715. The Morgan fingerprint density at radius 1 is 1.88 bits per heavy atom. The fraction of sp³-hybridized carbons (Fsp3) is 1.00. The van der Waals surface area contributed by atoms with Crippen molar-refractivity contribution < 1.29 is 9.46 Å². The van der Waals surface area contributed by atoms with Gasteiger partial charge in [0.25, 0.3) is 0 Å². The number of nitrogens with two attached hydrogens (primary N) is 1. The molecular formula is C3H12N2O2P+. The largest absolute Gasteiger partial charge is 0.491 e. The Hall–Kier alpha value is -0.0200. The molecule has 1 unspecified atom stereocenters. The zero-order chi connectivity index (χ0) is 6.83. The van der Waals surface area contributed by atoms with Crippen LogP contribution in [-0.4, -0.2) is 25.0 Å². The number of hydrogen-bond donors (Lipinski definition) is 3. The third-order valence-corrected chi connectivity index (χ3v) is 0.394. The summed E-state index contributed by atoms with van der Waals surface area (Å²) in [6.45, 7) is 1.65. The van der Waals surface area contributed by atoms with E-state index >= 15 is 0 Å². The first-order valence-electron chi connectivity index (χ1n) is 2.19. The third-order valence-electron chi connectivity index (χ3n) is 0.394. The molecule has 0 radical (unpaired) electrons. The molecule has 0 spiro atoms. The quantitative estimate of drug-likeness (QED) is 0.432. The van der Waals surface area contributed by atoms with Crippen molar-refractivity contribution in [2.75, 3.05) is 20.1 Å². The number of hydrogen-bond acceptors (Lipinski definition) is 3. The van der Waals surface area contributed by atoms with Crippen LogP contribution in [0.2, 0.25) is 0 Å². The van der Waals surface area contributed by atoms with Gasteiger partial charge in [-0.25, -0.2) is 0 Å². The molecule has 0 fully saturated rings. The van der Waals surface area contributed by atoms with Gasteiger partial charge in [0.05, 0.1) is 0 Å². The normalized spacial score (nSPS) is 7.88. The second-order valence-corrected chi connectivity index (χ2v) is 1.17. The van der Waals surface area contributed by atoms with Gasteiger partial charge in [0.2, 0.25) is 0 Å². The molecule has 4 nitrogen and oxygen atoms in total. The molecule has 1 atom stereocenters. The van der Waals surface area contributed by atoms with Gasteiger partial charge in [-0.2, -0.15) is 4.89 Å². The van der Waals surface area contributed by atoms with E-state index < -0.39 is 8.69 Å². The molecule has 4 N–H and O–H groups in total. The van der Waals surface area contributed by atoms with Crippen LogP contribution < -0.4 is 11.1 Å². The van der Waals surface area contributed by atoms with Crippen molar-refractivity contribution in [3.05, 3.63) is 0 Å². The van der Waals surface area contributed by atoms with E-state index in [-0.39, 0.29) is 0 Å². The standard InChI is InChI=1S/C3H10N2.HO2P/c1-5-3-2-4;1-3-2/h5H,2-4H2,1H3;3H/p+1. The van der Waals surface area contributed by atoms with E-state index in [0.29, 0.717) is 0 Å². The predicted octanol–water partition coefficient (Wildman–Crippen LogP) is -0.918. The van der Waals surface area contributed by atoms with E-state index in [1.807, 2.05) is 7.05 Å². The molecule has 0 heterocycles. The molecule has 0 aliphatic heterocycles. The molecular weight excluding hydrogens is 127 g/mol. The monoisotopic (exact) mass is 139 g/mol. The van der Waals surface area contributed by atoms with Gasteiger partial charge in [-0.05, 0) is 11.6 Å². The highest BCUT2D eigenvalue weighted by Gasteiger charge is 1.64. The van der Waals surface area contributed by atoms with E-state index in [2.05, 4.69) is 5.32 Å². The van der Waals surface area contributed by atoms with Crippen molar-refractivity contribution in [2.24, 2.45) is 5.73 Å². The maximum Gasteiger partial charge on any atom is 0.491 e. The van der Waals surface area contributed by atoms with Gasteiger partial charge in [0, 0.05) is 13.1 Å². The Bertz CT molecular complexity index is 42.3. The molecule has 0 amide bonds. The lowest BCUT2D eigenvalue weighted by atomic mass is 10.7. The smallest absolute Gasteiger partial charge is 0.329 e. The van der Waals surface area contributed by atoms with Crippen LogP contribution in [0.15, 0.2) is 0 Å². The maximum absolute atomic E-state index is 8.51. The van der Waals surface area contributed by atoms with Crippen LogP contribution >= 0.6 is 8.69 Å². The Kier molecular flexibility index (Phi) is 21.4. The zero-order valence-corrected chi connectivity index (χ0v) is 5.85. The Morgan fingerprint density at radius 3 is 2.25 bits per heavy atom. The van der Waals surface area contributed by atoms with Gasteiger partial charge >= 0.3 is 8.69 Å². The van der Waals surface area contributed by atoms with Crippen molar-refractivity contribution >= 4 is 8.69 Å².